The average Bonchev–Trinajstić information content (AvgIpc) is 2.93. The Labute approximate surface area is 159 Å². The first-order valence-corrected chi connectivity index (χ1v) is 8.23. The number of carbonyl (C=O) groups is 2. The molecule has 0 spiro atoms. The Morgan fingerprint density at radius 1 is 1.29 bits per heavy atom. The van der Waals surface area contributed by atoms with Crippen LogP contribution in [-0.2, 0) is 14.3 Å². The highest BCUT2D eigenvalue weighted by molar-refractivity contribution is 6.15. The molecule has 144 valence electrons. The number of benzene rings is 2. The standard InChI is InChI=1S/C19H17N3O6/c1-28-18(24)11-19(25)17(23)10-16(12-5-3-2-4-6-12)21(19)15-8-7-13(22(26)27)9-14(15)20/h2-10,25H,11,20H2,1H3. The molecule has 2 aromatic rings. The Balaban J connectivity index is 2.17. The Hall–Kier alpha value is -3.72. The number of esters is 1. The SMILES string of the molecule is COC(=O)CC1(O)C(=O)C=C(c2ccccc2)N1c1ccc([N+](=O)[O-])cc1N. The molecular formula is C19H17N3O6. The molecule has 9 heteroatoms. The summed E-state index contributed by atoms with van der Waals surface area (Å²) in [5.74, 6) is -1.53. The van der Waals surface area contributed by atoms with Gasteiger partial charge in [-0.3, -0.25) is 19.7 Å². The van der Waals surface area contributed by atoms with Crippen molar-refractivity contribution in [2.75, 3.05) is 17.7 Å². The number of carbonyl (C=O) groups excluding carboxylic acids is 2. The van der Waals surface area contributed by atoms with E-state index in [9.17, 15) is 24.8 Å². The van der Waals surface area contributed by atoms with Crippen molar-refractivity contribution in [3.05, 3.63) is 70.3 Å². The van der Waals surface area contributed by atoms with Gasteiger partial charge in [0, 0.05) is 18.2 Å². The molecule has 0 saturated carbocycles. The van der Waals surface area contributed by atoms with Crippen molar-refractivity contribution < 1.29 is 24.4 Å². The normalized spacial score (nSPS) is 18.7. The maximum Gasteiger partial charge on any atom is 0.310 e. The fourth-order valence-corrected chi connectivity index (χ4v) is 3.06. The maximum atomic E-state index is 12.7. The third-order valence-electron chi connectivity index (χ3n) is 4.42. The number of ether oxygens (including phenoxy) is 1. The van der Waals surface area contributed by atoms with E-state index in [-0.39, 0.29) is 17.1 Å². The van der Waals surface area contributed by atoms with E-state index < -0.39 is 28.8 Å². The van der Waals surface area contributed by atoms with Crippen LogP contribution in [0.1, 0.15) is 12.0 Å². The zero-order valence-corrected chi connectivity index (χ0v) is 14.9. The number of nitrogens with zero attached hydrogens (tertiary/aromatic N) is 2. The first-order valence-electron chi connectivity index (χ1n) is 8.23. The summed E-state index contributed by atoms with van der Waals surface area (Å²) < 4.78 is 4.61. The van der Waals surface area contributed by atoms with Gasteiger partial charge < -0.3 is 20.5 Å². The largest absolute Gasteiger partial charge is 0.469 e. The summed E-state index contributed by atoms with van der Waals surface area (Å²) in [4.78, 5) is 36.1. The zero-order chi connectivity index (χ0) is 20.5. The number of nitro groups is 1. The Morgan fingerprint density at radius 2 is 1.96 bits per heavy atom. The number of hydrogen-bond acceptors (Lipinski definition) is 8. The van der Waals surface area contributed by atoms with Crippen LogP contribution in [0.25, 0.3) is 5.70 Å². The van der Waals surface area contributed by atoms with Crippen LogP contribution >= 0.6 is 0 Å². The number of rotatable bonds is 5. The lowest BCUT2D eigenvalue weighted by molar-refractivity contribution is -0.384. The summed E-state index contributed by atoms with van der Waals surface area (Å²) >= 11 is 0. The third-order valence-corrected chi connectivity index (χ3v) is 4.42. The van der Waals surface area contributed by atoms with Gasteiger partial charge in [0.1, 0.15) is 6.42 Å². The van der Waals surface area contributed by atoms with E-state index in [0.717, 1.165) is 13.2 Å². The molecule has 3 rings (SSSR count). The van der Waals surface area contributed by atoms with E-state index >= 15 is 0 Å². The van der Waals surface area contributed by atoms with E-state index in [4.69, 9.17) is 5.73 Å². The molecule has 1 heterocycles. The van der Waals surface area contributed by atoms with Gasteiger partial charge in [0.2, 0.25) is 11.5 Å². The second kappa shape index (κ2) is 7.12. The minimum absolute atomic E-state index is 0.0333. The first-order chi connectivity index (χ1) is 13.3. The third kappa shape index (κ3) is 3.19. The maximum absolute atomic E-state index is 12.7. The van der Waals surface area contributed by atoms with Crippen LogP contribution in [0.4, 0.5) is 17.1 Å². The molecule has 9 nitrogen and oxygen atoms in total. The summed E-state index contributed by atoms with van der Waals surface area (Å²) in [5, 5.41) is 22.1. The number of non-ortho nitro benzene ring substituents is 1. The number of aliphatic hydroxyl groups is 1. The minimum Gasteiger partial charge on any atom is -0.469 e. The number of nitro benzene ring substituents is 1. The lowest BCUT2D eigenvalue weighted by atomic mass is 10.0. The number of nitrogen functional groups attached to an aromatic ring is 1. The zero-order valence-electron chi connectivity index (χ0n) is 14.9. The molecular weight excluding hydrogens is 366 g/mol. The summed E-state index contributed by atoms with van der Waals surface area (Å²) in [7, 11) is 1.14. The monoisotopic (exact) mass is 383 g/mol. The molecule has 0 radical (unpaired) electrons. The minimum atomic E-state index is -2.28. The van der Waals surface area contributed by atoms with Crippen molar-refractivity contribution in [2.24, 2.45) is 0 Å². The van der Waals surface area contributed by atoms with Crippen molar-refractivity contribution in [3.63, 3.8) is 0 Å². The fraction of sp³-hybridized carbons (Fsp3) is 0.158. The molecule has 28 heavy (non-hydrogen) atoms. The molecule has 0 bridgehead atoms. The Kier molecular flexibility index (Phi) is 4.85. The van der Waals surface area contributed by atoms with Gasteiger partial charge in [0.05, 0.1) is 29.1 Å². The summed E-state index contributed by atoms with van der Waals surface area (Å²) in [6.45, 7) is 0. The molecule has 0 saturated heterocycles. The van der Waals surface area contributed by atoms with Crippen molar-refractivity contribution in [3.8, 4) is 0 Å². The van der Waals surface area contributed by atoms with Crippen LogP contribution in [0.5, 0.6) is 0 Å². The molecule has 1 aliphatic heterocycles. The Bertz CT molecular complexity index is 988. The van der Waals surface area contributed by atoms with E-state index in [1.165, 1.54) is 23.1 Å². The van der Waals surface area contributed by atoms with Crippen LogP contribution in [0, 0.1) is 10.1 Å². The van der Waals surface area contributed by atoms with Gasteiger partial charge in [-0.1, -0.05) is 30.3 Å². The second-order valence-corrected chi connectivity index (χ2v) is 6.17. The van der Waals surface area contributed by atoms with Gasteiger partial charge in [-0.05, 0) is 11.6 Å². The van der Waals surface area contributed by atoms with Crippen LogP contribution < -0.4 is 10.6 Å². The summed E-state index contributed by atoms with van der Waals surface area (Å²) in [5.41, 5.74) is 4.49. The van der Waals surface area contributed by atoms with Gasteiger partial charge in [-0.2, -0.15) is 0 Å². The van der Waals surface area contributed by atoms with E-state index in [1.807, 2.05) is 0 Å². The highest BCUT2D eigenvalue weighted by Gasteiger charge is 2.50. The number of nitrogens with two attached hydrogens (primary N) is 1. The number of anilines is 2. The molecule has 0 aromatic heterocycles. The molecule has 1 unspecified atom stereocenters. The summed E-state index contributed by atoms with van der Waals surface area (Å²) in [6.07, 6.45) is 0.560. The molecule has 0 aliphatic carbocycles. The molecule has 1 aliphatic rings. The molecule has 0 amide bonds. The predicted molar refractivity (Wildman–Crippen MR) is 101 cm³/mol. The van der Waals surface area contributed by atoms with Crippen molar-refractivity contribution in [1.29, 1.82) is 0 Å². The van der Waals surface area contributed by atoms with Gasteiger partial charge in [0.25, 0.3) is 5.69 Å². The highest BCUT2D eigenvalue weighted by atomic mass is 16.6. The quantitative estimate of drug-likeness (QED) is 0.346. The summed E-state index contributed by atoms with van der Waals surface area (Å²) in [6, 6.07) is 12.4. The van der Waals surface area contributed by atoms with E-state index in [0.29, 0.717) is 11.3 Å². The number of methoxy groups -OCH3 is 1. The van der Waals surface area contributed by atoms with Gasteiger partial charge in [-0.25, -0.2) is 0 Å². The van der Waals surface area contributed by atoms with Crippen molar-refractivity contribution in [1.82, 2.24) is 0 Å². The Morgan fingerprint density at radius 3 is 2.54 bits per heavy atom. The first kappa shape index (κ1) is 19.1. The van der Waals surface area contributed by atoms with Gasteiger partial charge in [0.15, 0.2) is 0 Å². The second-order valence-electron chi connectivity index (χ2n) is 6.17. The molecule has 0 fully saturated rings. The van der Waals surface area contributed by atoms with Crippen LogP contribution in [0.3, 0.4) is 0 Å². The molecule has 1 atom stereocenters. The highest BCUT2D eigenvalue weighted by Crippen LogP contribution is 2.43. The molecule has 3 N–H and O–H groups in total. The van der Waals surface area contributed by atoms with Gasteiger partial charge >= 0.3 is 5.97 Å². The van der Waals surface area contributed by atoms with E-state index in [1.54, 1.807) is 30.3 Å². The van der Waals surface area contributed by atoms with Crippen LogP contribution in [-0.4, -0.2) is 34.6 Å². The average molecular weight is 383 g/mol. The van der Waals surface area contributed by atoms with Crippen LogP contribution in [0.15, 0.2) is 54.6 Å². The van der Waals surface area contributed by atoms with Crippen LogP contribution in [0.2, 0.25) is 0 Å². The molecule has 2 aromatic carbocycles. The van der Waals surface area contributed by atoms with Crippen molar-refractivity contribution >= 4 is 34.5 Å². The lowest BCUT2D eigenvalue weighted by Gasteiger charge is -2.36. The topological polar surface area (TPSA) is 136 Å². The van der Waals surface area contributed by atoms with Gasteiger partial charge in [-0.15, -0.1) is 0 Å². The fourth-order valence-electron chi connectivity index (χ4n) is 3.06. The smallest absolute Gasteiger partial charge is 0.310 e. The predicted octanol–water partition coefficient (Wildman–Crippen LogP) is 1.86. The number of ketones is 1. The van der Waals surface area contributed by atoms with Crippen molar-refractivity contribution in [2.45, 2.75) is 12.1 Å². The number of hydrogen-bond donors (Lipinski definition) is 2. The van der Waals surface area contributed by atoms with E-state index in [2.05, 4.69) is 4.74 Å². The lowest BCUT2D eigenvalue weighted by Crippen LogP contribution is -2.51.